The number of rotatable bonds is 2. The van der Waals surface area contributed by atoms with E-state index in [4.69, 9.17) is 0 Å². The van der Waals surface area contributed by atoms with Gasteiger partial charge in [0.2, 0.25) is 0 Å². The average Bonchev–Trinajstić information content (AvgIpc) is 3.19. The molecule has 0 spiro atoms. The minimum absolute atomic E-state index is 0.161. The van der Waals surface area contributed by atoms with Crippen LogP contribution in [0.3, 0.4) is 0 Å². The minimum atomic E-state index is -0.514. The molecule has 0 saturated heterocycles. The molecule has 0 amide bonds. The van der Waals surface area contributed by atoms with Crippen LogP contribution in [-0.4, -0.2) is 5.43 Å². The van der Waals surface area contributed by atoms with Crippen molar-refractivity contribution in [2.45, 2.75) is 46.7 Å². The maximum absolute atomic E-state index is 2.52. The van der Waals surface area contributed by atoms with Gasteiger partial charge < -0.3 is 0 Å². The second-order valence-corrected chi connectivity index (χ2v) is 21.5. The molecule has 26 heavy (non-hydrogen) atoms. The predicted octanol–water partition coefficient (Wildman–Crippen LogP) is 5.98. The predicted molar refractivity (Wildman–Crippen MR) is 112 cm³/mol. The first-order valence-electron chi connectivity index (χ1n) is 9.57. The van der Waals surface area contributed by atoms with Crippen molar-refractivity contribution in [2.75, 3.05) is 0 Å². The summed E-state index contributed by atoms with van der Waals surface area (Å²) in [6, 6.07) is 13.9. The first kappa shape index (κ1) is 18.4. The van der Waals surface area contributed by atoms with E-state index < -0.39 is 21.9 Å². The van der Waals surface area contributed by atoms with Crippen molar-refractivity contribution >= 4 is 14.3 Å². The van der Waals surface area contributed by atoms with Crippen LogP contribution in [0.2, 0.25) is 13.1 Å². The summed E-state index contributed by atoms with van der Waals surface area (Å²) in [5.74, 6) is 0. The zero-order valence-electron chi connectivity index (χ0n) is 16.5. The van der Waals surface area contributed by atoms with Crippen LogP contribution in [0.5, 0.6) is 0 Å². The van der Waals surface area contributed by atoms with Crippen LogP contribution in [0, 0.1) is 5.41 Å². The molecule has 0 atom stereocenters. The Bertz CT molecular complexity index is 980. The summed E-state index contributed by atoms with van der Waals surface area (Å²) in [5.41, 5.74) is 10.9. The molecule has 0 radical (unpaired) electrons. The van der Waals surface area contributed by atoms with Crippen molar-refractivity contribution in [3.05, 3.63) is 70.8 Å². The van der Waals surface area contributed by atoms with E-state index in [1.54, 1.807) is 20.0 Å². The molecule has 0 N–H and O–H groups in total. The van der Waals surface area contributed by atoms with Crippen LogP contribution in [-0.2, 0) is 28.3 Å². The number of allylic oxidation sites excluding steroid dienone is 4. The fourth-order valence-electron chi connectivity index (χ4n) is 4.11. The molecule has 0 aromatic heterocycles. The monoisotopic (exact) mass is 433 g/mol. The van der Waals surface area contributed by atoms with Crippen molar-refractivity contribution < 1.29 is 21.9 Å². The molecule has 0 aliphatic heterocycles. The summed E-state index contributed by atoms with van der Waals surface area (Å²) in [4.78, 5) is 0. The molecule has 2 aliphatic carbocycles. The van der Waals surface area contributed by atoms with Crippen LogP contribution < -0.4 is 3.27 Å². The second kappa shape index (κ2) is 6.88. The molecule has 0 nitrogen and oxygen atoms in total. The van der Waals surface area contributed by atoms with Gasteiger partial charge in [0, 0.05) is 0 Å². The third-order valence-electron chi connectivity index (χ3n) is 5.45. The van der Waals surface area contributed by atoms with E-state index in [1.807, 2.05) is 0 Å². The van der Waals surface area contributed by atoms with Crippen LogP contribution in [0.15, 0.2) is 54.1 Å². The van der Waals surface area contributed by atoms with Gasteiger partial charge in [-0.05, 0) is 0 Å². The molecule has 0 bridgehead atoms. The zero-order valence-corrected chi connectivity index (χ0v) is 20.0. The second-order valence-electron chi connectivity index (χ2n) is 8.76. The van der Waals surface area contributed by atoms with Crippen molar-refractivity contribution in [2.24, 2.45) is 5.41 Å². The van der Waals surface area contributed by atoms with Crippen LogP contribution in [0.25, 0.3) is 16.7 Å². The van der Waals surface area contributed by atoms with Crippen LogP contribution in [0.1, 0.15) is 43.9 Å². The Balaban J connectivity index is 1.86. The number of fused-ring (bicyclic) bond motifs is 3. The Hall–Kier alpha value is -0.980. The zero-order chi connectivity index (χ0) is 18.5. The van der Waals surface area contributed by atoms with Gasteiger partial charge >= 0.3 is 170 Å². The number of benzene rings is 2. The van der Waals surface area contributed by atoms with E-state index in [9.17, 15) is 0 Å². The van der Waals surface area contributed by atoms with E-state index in [0.717, 1.165) is 12.8 Å². The molecule has 2 aromatic carbocycles. The summed E-state index contributed by atoms with van der Waals surface area (Å²) in [7, 11) is 0. The Labute approximate surface area is 169 Å². The molecule has 0 unspecified atom stereocenters. The first-order chi connectivity index (χ1) is 12.3. The van der Waals surface area contributed by atoms with Gasteiger partial charge in [0.1, 0.15) is 0 Å². The Morgan fingerprint density at radius 3 is 2.35 bits per heavy atom. The summed E-state index contributed by atoms with van der Waals surface area (Å²) in [6.45, 7) is 12.0. The van der Waals surface area contributed by atoms with Gasteiger partial charge in [-0.25, -0.2) is 0 Å². The van der Waals surface area contributed by atoms with Crippen molar-refractivity contribution in [3.63, 3.8) is 0 Å². The molecule has 0 fully saturated rings. The molecule has 0 saturated carbocycles. The topological polar surface area (TPSA) is 0 Å². The van der Waals surface area contributed by atoms with E-state index in [-0.39, 0.29) is 10.8 Å². The summed E-state index contributed by atoms with van der Waals surface area (Å²) in [5, 5.41) is 0. The van der Waals surface area contributed by atoms with Crippen LogP contribution in [0.4, 0.5) is 0 Å². The molecular weight excluding hydrogens is 408 g/mol. The van der Waals surface area contributed by atoms with E-state index in [2.05, 4.69) is 82.4 Å². The van der Waals surface area contributed by atoms with Crippen molar-refractivity contribution in [3.8, 4) is 11.1 Å². The summed E-state index contributed by atoms with van der Waals surface area (Å²) >= 11 is -0.514. The fourth-order valence-corrected chi connectivity index (χ4v) is 11.8. The summed E-state index contributed by atoms with van der Waals surface area (Å²) < 4.78 is 1.80. The molecule has 131 valence electrons. The van der Waals surface area contributed by atoms with Crippen LogP contribution >= 0.6 is 0 Å². The maximum atomic E-state index is 2.52. The molecule has 2 aliphatic rings. The van der Waals surface area contributed by atoms with Gasteiger partial charge in [-0.1, -0.05) is 0 Å². The number of hydrogen-bond donors (Lipinski definition) is 0. The Morgan fingerprint density at radius 2 is 1.65 bits per heavy atom. The van der Waals surface area contributed by atoms with Gasteiger partial charge in [0.25, 0.3) is 0 Å². The van der Waals surface area contributed by atoms with E-state index >= 15 is 0 Å². The number of hydrogen-bond acceptors (Lipinski definition) is 0. The van der Waals surface area contributed by atoms with Gasteiger partial charge in [0.15, 0.2) is 0 Å². The molecule has 2 heteroatoms. The quantitative estimate of drug-likeness (QED) is 0.435. The third-order valence-corrected chi connectivity index (χ3v) is 13.1. The first-order valence-corrected chi connectivity index (χ1v) is 17.0. The fraction of sp³-hybridized carbons (Fsp3) is 0.333. The normalized spacial score (nSPS) is 15.1. The van der Waals surface area contributed by atoms with Gasteiger partial charge in [-0.2, -0.15) is 0 Å². The Kier molecular flexibility index (Phi) is 4.86. The Morgan fingerprint density at radius 1 is 0.923 bits per heavy atom. The average molecular weight is 435 g/mol. The van der Waals surface area contributed by atoms with Gasteiger partial charge in [0.05, 0.1) is 0 Å². The van der Waals surface area contributed by atoms with E-state index in [1.165, 1.54) is 22.3 Å². The standard InChI is InChI=1S/C22H21.C2H6Si.Zr/c1-22(2,3)19-10-8-16(14-19)15-9-11-21-18(12-15)13-17-6-4-5-7-20(17)21;1-3-2;/h4-7,9-11,14H,8,13H2,1-3H3;1-2H3;. The molecule has 0 heterocycles. The van der Waals surface area contributed by atoms with Gasteiger partial charge in [-0.15, -0.1) is 0 Å². The molecule has 4 rings (SSSR count). The van der Waals surface area contributed by atoms with Crippen molar-refractivity contribution in [1.29, 1.82) is 0 Å². The summed E-state index contributed by atoms with van der Waals surface area (Å²) in [6.07, 6.45) is 7.21. The van der Waals surface area contributed by atoms with E-state index in [0.29, 0.717) is 0 Å². The van der Waals surface area contributed by atoms with Crippen molar-refractivity contribution in [1.82, 2.24) is 0 Å². The third kappa shape index (κ3) is 3.32. The van der Waals surface area contributed by atoms with Gasteiger partial charge in [-0.3, -0.25) is 0 Å². The molecular formula is C24H27SiZr. The SMILES string of the molecule is C[Si](C)=[Zr][c]1c(C2=CC(C(C)(C)C)=CC2)ccc2c1Cc1ccccc1-2. The molecule has 2 aromatic rings.